The van der Waals surface area contributed by atoms with Gasteiger partial charge < -0.3 is 5.32 Å². The third-order valence-corrected chi connectivity index (χ3v) is 5.20. The van der Waals surface area contributed by atoms with Crippen molar-refractivity contribution in [2.75, 3.05) is 13.1 Å². The van der Waals surface area contributed by atoms with E-state index in [-0.39, 0.29) is 0 Å². The average Bonchev–Trinajstić information content (AvgIpc) is 2.92. The number of hydrogen-bond donors (Lipinski definition) is 2. The molecular formula is C15H25N3O2S. The maximum atomic E-state index is 12.3. The Morgan fingerprint density at radius 1 is 1.14 bits per heavy atom. The zero-order valence-electron chi connectivity index (χ0n) is 12.9. The molecule has 0 saturated heterocycles. The number of rotatable bonds is 8. The Morgan fingerprint density at radius 2 is 1.81 bits per heavy atom. The highest BCUT2D eigenvalue weighted by Crippen LogP contribution is 2.17. The molecule has 1 aromatic rings. The van der Waals surface area contributed by atoms with Gasteiger partial charge in [-0.1, -0.05) is 32.0 Å². The monoisotopic (exact) mass is 311 g/mol. The number of hydrogen-bond acceptors (Lipinski definition) is 3. The molecule has 21 heavy (non-hydrogen) atoms. The number of fused-ring (bicyclic) bond motifs is 1. The first-order valence-corrected chi connectivity index (χ1v) is 9.07. The van der Waals surface area contributed by atoms with Gasteiger partial charge in [0.2, 0.25) is 0 Å². The van der Waals surface area contributed by atoms with Crippen molar-refractivity contribution in [3.63, 3.8) is 0 Å². The van der Waals surface area contributed by atoms with Crippen LogP contribution in [0.5, 0.6) is 0 Å². The second-order valence-corrected chi connectivity index (χ2v) is 7.19. The Morgan fingerprint density at radius 3 is 2.48 bits per heavy atom. The van der Waals surface area contributed by atoms with Crippen molar-refractivity contribution in [1.82, 2.24) is 14.3 Å². The maximum Gasteiger partial charge on any atom is 0.279 e. The van der Waals surface area contributed by atoms with Crippen LogP contribution in [0, 0.1) is 0 Å². The summed E-state index contributed by atoms with van der Waals surface area (Å²) in [5, 5.41) is 3.29. The van der Waals surface area contributed by atoms with Crippen LogP contribution >= 0.6 is 0 Å². The minimum Gasteiger partial charge on any atom is -0.309 e. The van der Waals surface area contributed by atoms with E-state index in [0.717, 1.165) is 31.5 Å². The summed E-state index contributed by atoms with van der Waals surface area (Å²) in [5.74, 6) is 0. The van der Waals surface area contributed by atoms with Crippen LogP contribution in [-0.4, -0.2) is 25.8 Å². The van der Waals surface area contributed by atoms with E-state index in [9.17, 15) is 8.42 Å². The van der Waals surface area contributed by atoms with Gasteiger partial charge in [0, 0.05) is 32.7 Å². The number of nitrogens with one attached hydrogen (secondary N) is 2. The largest absolute Gasteiger partial charge is 0.309 e. The van der Waals surface area contributed by atoms with Gasteiger partial charge in [0.15, 0.2) is 0 Å². The molecule has 0 spiro atoms. The third kappa shape index (κ3) is 4.26. The molecule has 0 radical (unpaired) electrons. The molecule has 0 saturated carbocycles. The molecule has 2 rings (SSSR count). The molecule has 1 heterocycles. The van der Waals surface area contributed by atoms with E-state index in [0.29, 0.717) is 19.6 Å². The summed E-state index contributed by atoms with van der Waals surface area (Å²) in [5.41, 5.74) is 3.58. The Kier molecular flexibility index (Phi) is 5.75. The van der Waals surface area contributed by atoms with Crippen molar-refractivity contribution in [3.05, 3.63) is 34.9 Å². The van der Waals surface area contributed by atoms with Gasteiger partial charge in [-0.3, -0.25) is 0 Å². The van der Waals surface area contributed by atoms with Crippen LogP contribution in [0.4, 0.5) is 0 Å². The first-order chi connectivity index (χ1) is 10.1. The molecule has 118 valence electrons. The van der Waals surface area contributed by atoms with E-state index < -0.39 is 10.2 Å². The first kappa shape index (κ1) is 16.4. The lowest BCUT2D eigenvalue weighted by Crippen LogP contribution is -2.41. The Balaban J connectivity index is 2.00. The van der Waals surface area contributed by atoms with Crippen LogP contribution < -0.4 is 10.0 Å². The van der Waals surface area contributed by atoms with Gasteiger partial charge >= 0.3 is 0 Å². The highest BCUT2D eigenvalue weighted by molar-refractivity contribution is 7.87. The minimum absolute atomic E-state index is 0.347. The van der Waals surface area contributed by atoms with Crippen LogP contribution in [0.3, 0.4) is 0 Å². The van der Waals surface area contributed by atoms with Crippen molar-refractivity contribution < 1.29 is 8.42 Å². The molecular weight excluding hydrogens is 286 g/mol. The van der Waals surface area contributed by atoms with Crippen LogP contribution in [0.1, 0.15) is 43.4 Å². The molecule has 0 aromatic heterocycles. The van der Waals surface area contributed by atoms with E-state index in [1.807, 2.05) is 19.9 Å². The molecule has 0 aliphatic carbocycles. The standard InChI is InChI=1S/C15H25N3O2S/c1-3-7-18(8-4-2)21(19,20)17-10-13-5-6-14-11-16-12-15(14)9-13/h5-6,9,16-17H,3-4,7-8,10-12H2,1-2H3. The van der Waals surface area contributed by atoms with Gasteiger partial charge in [-0.05, 0) is 29.5 Å². The Bertz CT molecular complexity index is 566. The smallest absolute Gasteiger partial charge is 0.279 e. The van der Waals surface area contributed by atoms with E-state index in [1.165, 1.54) is 15.4 Å². The summed E-state index contributed by atoms with van der Waals surface area (Å²) in [7, 11) is -3.39. The van der Waals surface area contributed by atoms with Crippen molar-refractivity contribution >= 4 is 10.2 Å². The molecule has 2 N–H and O–H groups in total. The van der Waals surface area contributed by atoms with Gasteiger partial charge in [0.25, 0.3) is 10.2 Å². The van der Waals surface area contributed by atoms with E-state index >= 15 is 0 Å². The van der Waals surface area contributed by atoms with Gasteiger partial charge in [-0.25, -0.2) is 0 Å². The minimum atomic E-state index is -3.39. The summed E-state index contributed by atoms with van der Waals surface area (Å²) in [6.45, 7) is 7.24. The molecule has 6 heteroatoms. The predicted octanol–water partition coefficient (Wildman–Crippen LogP) is 1.75. The molecule has 0 unspecified atom stereocenters. The fraction of sp³-hybridized carbons (Fsp3) is 0.600. The topological polar surface area (TPSA) is 61.4 Å². The van der Waals surface area contributed by atoms with Crippen molar-refractivity contribution in [3.8, 4) is 0 Å². The second-order valence-electron chi connectivity index (χ2n) is 5.43. The van der Waals surface area contributed by atoms with E-state index in [2.05, 4.69) is 22.2 Å². The summed E-state index contributed by atoms with van der Waals surface area (Å²) in [6.07, 6.45) is 1.65. The summed E-state index contributed by atoms with van der Waals surface area (Å²) in [4.78, 5) is 0. The fourth-order valence-corrected chi connectivity index (χ4v) is 3.95. The highest BCUT2D eigenvalue weighted by Gasteiger charge is 2.20. The highest BCUT2D eigenvalue weighted by atomic mass is 32.2. The summed E-state index contributed by atoms with van der Waals surface area (Å²) < 4.78 is 28.9. The van der Waals surface area contributed by atoms with E-state index in [4.69, 9.17) is 0 Å². The van der Waals surface area contributed by atoms with Crippen molar-refractivity contribution in [2.45, 2.75) is 46.3 Å². The van der Waals surface area contributed by atoms with Crippen LogP contribution in [0.2, 0.25) is 0 Å². The molecule has 5 nitrogen and oxygen atoms in total. The van der Waals surface area contributed by atoms with Crippen molar-refractivity contribution in [1.29, 1.82) is 0 Å². The van der Waals surface area contributed by atoms with Gasteiger partial charge in [-0.15, -0.1) is 0 Å². The number of benzene rings is 1. The third-order valence-electron chi connectivity index (χ3n) is 3.65. The predicted molar refractivity (Wildman–Crippen MR) is 84.9 cm³/mol. The Hall–Kier alpha value is -0.950. The van der Waals surface area contributed by atoms with Gasteiger partial charge in [0.05, 0.1) is 0 Å². The van der Waals surface area contributed by atoms with Gasteiger partial charge in [0.1, 0.15) is 0 Å². The van der Waals surface area contributed by atoms with Crippen LogP contribution in [0.25, 0.3) is 0 Å². The Labute approximate surface area is 127 Å². The first-order valence-electron chi connectivity index (χ1n) is 7.63. The molecule has 0 atom stereocenters. The van der Waals surface area contributed by atoms with Gasteiger partial charge in [-0.2, -0.15) is 17.4 Å². The summed E-state index contributed by atoms with van der Waals surface area (Å²) in [6, 6.07) is 6.16. The quantitative estimate of drug-likeness (QED) is 0.769. The molecule has 1 aliphatic rings. The molecule has 1 aromatic carbocycles. The second kappa shape index (κ2) is 7.35. The average molecular weight is 311 g/mol. The lowest BCUT2D eigenvalue weighted by Gasteiger charge is -2.21. The normalized spacial score (nSPS) is 14.6. The lowest BCUT2D eigenvalue weighted by atomic mass is 10.1. The van der Waals surface area contributed by atoms with Crippen molar-refractivity contribution in [2.24, 2.45) is 0 Å². The molecule has 1 aliphatic heterocycles. The lowest BCUT2D eigenvalue weighted by molar-refractivity contribution is 0.401. The zero-order valence-corrected chi connectivity index (χ0v) is 13.7. The molecule has 0 bridgehead atoms. The maximum absolute atomic E-state index is 12.3. The van der Waals surface area contributed by atoms with E-state index in [1.54, 1.807) is 0 Å². The number of nitrogens with zero attached hydrogens (tertiary/aromatic N) is 1. The summed E-state index contributed by atoms with van der Waals surface area (Å²) >= 11 is 0. The molecule has 0 amide bonds. The zero-order chi connectivity index (χ0) is 15.3. The van der Waals surface area contributed by atoms with Crippen LogP contribution in [-0.2, 0) is 29.8 Å². The molecule has 0 fully saturated rings. The van der Waals surface area contributed by atoms with Crippen LogP contribution in [0.15, 0.2) is 18.2 Å². The SMILES string of the molecule is CCCN(CCC)S(=O)(=O)NCc1ccc2c(c1)CNC2. The fourth-order valence-electron chi connectivity index (χ4n) is 2.57.